The molecule has 2 heteroatoms. The van der Waals surface area contributed by atoms with Crippen LogP contribution in [0.3, 0.4) is 0 Å². The first kappa shape index (κ1) is 15.4. The quantitative estimate of drug-likeness (QED) is 0.678. The molecule has 0 aliphatic heterocycles. The lowest BCUT2D eigenvalue weighted by atomic mass is 10.0. The molecule has 0 aromatic carbocycles. The van der Waals surface area contributed by atoms with Gasteiger partial charge in [0.2, 0.25) is 0 Å². The highest BCUT2D eigenvalue weighted by molar-refractivity contribution is 5.24. The van der Waals surface area contributed by atoms with Gasteiger partial charge in [-0.3, -0.25) is 0 Å². The molecule has 0 radical (unpaired) electrons. The maximum absolute atomic E-state index is 4.02. The maximum Gasteiger partial charge on any atom is 0.0921 e. The Morgan fingerprint density at radius 1 is 1.37 bits per heavy atom. The number of allylic oxidation sites excluding steroid dienone is 4. The molecule has 0 fully saturated rings. The van der Waals surface area contributed by atoms with Gasteiger partial charge in [0.05, 0.1) is 11.4 Å². The van der Waals surface area contributed by atoms with Crippen molar-refractivity contribution >= 4 is 0 Å². The van der Waals surface area contributed by atoms with Gasteiger partial charge in [0, 0.05) is 6.54 Å². The first-order chi connectivity index (χ1) is 8.89. The predicted molar refractivity (Wildman–Crippen MR) is 84.8 cm³/mol. The van der Waals surface area contributed by atoms with Crippen LogP contribution in [-0.2, 0) is 0 Å². The number of hydrogen-bond acceptors (Lipinski definition) is 2. The Kier molecular flexibility index (Phi) is 5.68. The lowest BCUT2D eigenvalue weighted by Crippen LogP contribution is -2.41. The fourth-order valence-corrected chi connectivity index (χ4v) is 1.83. The van der Waals surface area contributed by atoms with Crippen LogP contribution in [0.5, 0.6) is 0 Å². The van der Waals surface area contributed by atoms with Crippen LogP contribution in [0.25, 0.3) is 0 Å². The van der Waals surface area contributed by atoms with Crippen LogP contribution in [0.15, 0.2) is 60.5 Å². The van der Waals surface area contributed by atoms with Gasteiger partial charge >= 0.3 is 0 Å². The Morgan fingerprint density at radius 3 is 2.68 bits per heavy atom. The van der Waals surface area contributed by atoms with E-state index in [1.54, 1.807) is 0 Å². The minimum atomic E-state index is -0.139. The molecule has 0 aromatic heterocycles. The van der Waals surface area contributed by atoms with E-state index < -0.39 is 0 Å². The van der Waals surface area contributed by atoms with Crippen LogP contribution in [0.4, 0.5) is 0 Å². The van der Waals surface area contributed by atoms with Crippen LogP contribution in [0, 0.1) is 0 Å². The van der Waals surface area contributed by atoms with Crippen molar-refractivity contribution in [3.05, 3.63) is 60.5 Å². The monoisotopic (exact) mass is 258 g/mol. The molecule has 0 saturated carbocycles. The molecule has 0 amide bonds. The Balaban J connectivity index is 2.39. The predicted octanol–water partition coefficient (Wildman–Crippen LogP) is 3.82. The third-order valence-electron chi connectivity index (χ3n) is 2.84. The third kappa shape index (κ3) is 6.70. The minimum Gasteiger partial charge on any atom is -0.368 e. The van der Waals surface area contributed by atoms with Crippen molar-refractivity contribution < 1.29 is 0 Å². The molecule has 0 aromatic rings. The summed E-state index contributed by atoms with van der Waals surface area (Å²) in [5.41, 5.74) is 2.23. The molecular weight excluding hydrogens is 232 g/mol. The topological polar surface area (TPSA) is 24.1 Å². The second-order valence-corrected chi connectivity index (χ2v) is 5.62. The van der Waals surface area contributed by atoms with Crippen molar-refractivity contribution in [1.29, 1.82) is 0 Å². The SMILES string of the molecule is C=C(C)/C=C\C(C)(C)NC(=C)NCC1=CCCC=C1. The van der Waals surface area contributed by atoms with E-state index in [4.69, 9.17) is 0 Å². The summed E-state index contributed by atoms with van der Waals surface area (Å²) in [6.07, 6.45) is 13.1. The van der Waals surface area contributed by atoms with Gasteiger partial charge in [-0.25, -0.2) is 0 Å². The van der Waals surface area contributed by atoms with Gasteiger partial charge in [0.1, 0.15) is 0 Å². The zero-order valence-corrected chi connectivity index (χ0v) is 12.4. The summed E-state index contributed by atoms with van der Waals surface area (Å²) in [5, 5.41) is 6.68. The van der Waals surface area contributed by atoms with Crippen molar-refractivity contribution in [2.24, 2.45) is 0 Å². The van der Waals surface area contributed by atoms with Gasteiger partial charge in [0.25, 0.3) is 0 Å². The molecule has 0 heterocycles. The Morgan fingerprint density at radius 2 is 2.11 bits per heavy atom. The van der Waals surface area contributed by atoms with Crippen LogP contribution in [0.1, 0.15) is 33.6 Å². The van der Waals surface area contributed by atoms with Crippen LogP contribution >= 0.6 is 0 Å². The Hall–Kier alpha value is -1.70. The zero-order chi connectivity index (χ0) is 14.3. The molecule has 0 unspecified atom stereocenters. The number of hydrogen-bond donors (Lipinski definition) is 2. The molecule has 0 atom stereocenters. The van der Waals surface area contributed by atoms with Gasteiger partial charge in [-0.05, 0) is 39.2 Å². The average molecular weight is 258 g/mol. The molecular formula is C17H26N2. The lowest BCUT2D eigenvalue weighted by Gasteiger charge is -2.26. The second-order valence-electron chi connectivity index (χ2n) is 5.62. The van der Waals surface area contributed by atoms with Crippen molar-refractivity contribution in [3.8, 4) is 0 Å². The van der Waals surface area contributed by atoms with Crippen molar-refractivity contribution in [2.45, 2.75) is 39.2 Å². The van der Waals surface area contributed by atoms with Crippen molar-refractivity contribution in [3.63, 3.8) is 0 Å². The van der Waals surface area contributed by atoms with Gasteiger partial charge in [-0.15, -0.1) is 0 Å². The molecule has 2 N–H and O–H groups in total. The molecule has 0 saturated heterocycles. The highest BCUT2D eigenvalue weighted by Gasteiger charge is 2.13. The smallest absolute Gasteiger partial charge is 0.0921 e. The first-order valence-corrected chi connectivity index (χ1v) is 6.80. The fraction of sp³-hybridized carbons (Fsp3) is 0.412. The highest BCUT2D eigenvalue weighted by Crippen LogP contribution is 2.10. The van der Waals surface area contributed by atoms with E-state index in [1.165, 1.54) is 5.57 Å². The van der Waals surface area contributed by atoms with E-state index in [-0.39, 0.29) is 5.54 Å². The first-order valence-electron chi connectivity index (χ1n) is 6.80. The fourth-order valence-electron chi connectivity index (χ4n) is 1.83. The standard InChI is InChI=1S/C17H26N2/c1-14(2)11-12-17(4,5)19-15(3)18-13-16-9-7-6-8-10-16/h7,9-12,18-19H,1,3,6,8,13H2,2,4-5H3/b12-11-. The second kappa shape index (κ2) is 7.03. The Bertz CT molecular complexity index is 423. The van der Waals surface area contributed by atoms with Gasteiger partial charge in [-0.1, -0.05) is 49.1 Å². The van der Waals surface area contributed by atoms with Crippen LogP contribution < -0.4 is 10.6 Å². The lowest BCUT2D eigenvalue weighted by molar-refractivity contribution is 0.508. The number of nitrogens with one attached hydrogen (secondary N) is 2. The van der Waals surface area contributed by atoms with Crippen LogP contribution in [0.2, 0.25) is 0 Å². The molecule has 0 bridgehead atoms. The normalized spacial score (nSPS) is 15.2. The van der Waals surface area contributed by atoms with Crippen LogP contribution in [-0.4, -0.2) is 12.1 Å². The summed E-state index contributed by atoms with van der Waals surface area (Å²) in [7, 11) is 0. The van der Waals surface area contributed by atoms with Gasteiger partial charge < -0.3 is 10.6 Å². The molecule has 1 aliphatic rings. The Labute approximate surface area is 117 Å². The van der Waals surface area contributed by atoms with Crippen molar-refractivity contribution in [2.75, 3.05) is 6.54 Å². The molecule has 1 aliphatic carbocycles. The zero-order valence-electron chi connectivity index (χ0n) is 12.4. The minimum absolute atomic E-state index is 0.139. The van der Waals surface area contributed by atoms with Gasteiger partial charge in [0.15, 0.2) is 0 Å². The van der Waals surface area contributed by atoms with E-state index in [9.17, 15) is 0 Å². The molecule has 104 valence electrons. The molecule has 19 heavy (non-hydrogen) atoms. The van der Waals surface area contributed by atoms with Crippen molar-refractivity contribution in [1.82, 2.24) is 10.6 Å². The summed E-state index contributed by atoms with van der Waals surface area (Å²) in [5.74, 6) is 0.844. The number of rotatable bonds is 7. The summed E-state index contributed by atoms with van der Waals surface area (Å²) < 4.78 is 0. The molecule has 0 spiro atoms. The average Bonchev–Trinajstić information content (AvgIpc) is 2.35. The summed E-state index contributed by atoms with van der Waals surface area (Å²) in [4.78, 5) is 0. The summed E-state index contributed by atoms with van der Waals surface area (Å²) >= 11 is 0. The summed E-state index contributed by atoms with van der Waals surface area (Å²) in [6, 6.07) is 0. The van der Waals surface area contributed by atoms with E-state index in [1.807, 2.05) is 13.0 Å². The van der Waals surface area contributed by atoms with E-state index in [2.05, 4.69) is 61.9 Å². The van der Waals surface area contributed by atoms with E-state index in [0.29, 0.717) is 0 Å². The maximum atomic E-state index is 4.02. The largest absolute Gasteiger partial charge is 0.368 e. The van der Waals surface area contributed by atoms with Gasteiger partial charge in [-0.2, -0.15) is 0 Å². The molecule has 1 rings (SSSR count). The third-order valence-corrected chi connectivity index (χ3v) is 2.84. The van der Waals surface area contributed by atoms with E-state index >= 15 is 0 Å². The van der Waals surface area contributed by atoms with E-state index in [0.717, 1.165) is 30.8 Å². The summed E-state index contributed by atoms with van der Waals surface area (Å²) in [6.45, 7) is 14.9. The molecule has 2 nitrogen and oxygen atoms in total. The highest BCUT2D eigenvalue weighted by atomic mass is 15.1.